The van der Waals surface area contributed by atoms with Crippen molar-refractivity contribution < 1.29 is 14.5 Å². The number of pyridine rings is 1. The molecular weight excluding hydrogens is 352 g/mol. The molecule has 10 heteroatoms. The van der Waals surface area contributed by atoms with Crippen LogP contribution >= 0.6 is 0 Å². The fraction of sp³-hybridized carbons (Fsp3) is 0.0588. The van der Waals surface area contributed by atoms with E-state index in [1.165, 1.54) is 12.4 Å². The number of nitro groups is 1. The third-order valence-corrected chi connectivity index (χ3v) is 3.42. The van der Waals surface area contributed by atoms with Gasteiger partial charge in [0, 0.05) is 12.4 Å². The topological polar surface area (TPSA) is 132 Å². The fourth-order valence-electron chi connectivity index (χ4n) is 2.10. The van der Waals surface area contributed by atoms with Crippen LogP contribution in [0.3, 0.4) is 0 Å². The van der Waals surface area contributed by atoms with Crippen molar-refractivity contribution in [3.8, 4) is 11.6 Å². The Kier molecular flexibility index (Phi) is 5.17. The zero-order chi connectivity index (χ0) is 19.2. The highest BCUT2D eigenvalue weighted by molar-refractivity contribution is 5.94. The SMILES string of the molecule is Cc1ccc(Oc2ncnc(NNC(=O)c3cccnc3)c2[N+](=O)[O-])cc1. The van der Waals surface area contributed by atoms with Crippen LogP contribution in [0.2, 0.25) is 0 Å². The molecule has 2 aromatic heterocycles. The number of benzene rings is 1. The molecule has 136 valence electrons. The van der Waals surface area contributed by atoms with Crippen LogP contribution in [-0.2, 0) is 0 Å². The van der Waals surface area contributed by atoms with Gasteiger partial charge in [-0.05, 0) is 31.2 Å². The number of amides is 1. The molecule has 0 bridgehead atoms. The van der Waals surface area contributed by atoms with E-state index in [-0.39, 0.29) is 17.3 Å². The van der Waals surface area contributed by atoms with Gasteiger partial charge in [-0.15, -0.1) is 0 Å². The molecule has 3 rings (SSSR count). The summed E-state index contributed by atoms with van der Waals surface area (Å²) < 4.78 is 5.50. The third-order valence-electron chi connectivity index (χ3n) is 3.42. The minimum absolute atomic E-state index is 0.214. The monoisotopic (exact) mass is 366 g/mol. The van der Waals surface area contributed by atoms with Crippen molar-refractivity contribution in [2.75, 3.05) is 5.43 Å². The molecule has 0 spiro atoms. The van der Waals surface area contributed by atoms with E-state index in [1.807, 2.05) is 6.92 Å². The summed E-state index contributed by atoms with van der Waals surface area (Å²) in [5, 5.41) is 11.5. The normalized spacial score (nSPS) is 10.1. The molecule has 27 heavy (non-hydrogen) atoms. The average Bonchev–Trinajstić information content (AvgIpc) is 2.68. The summed E-state index contributed by atoms with van der Waals surface area (Å²) in [6.45, 7) is 1.91. The Morgan fingerprint density at radius 2 is 1.96 bits per heavy atom. The Morgan fingerprint density at radius 3 is 2.63 bits per heavy atom. The second-order valence-electron chi connectivity index (χ2n) is 5.37. The lowest BCUT2D eigenvalue weighted by Crippen LogP contribution is -2.30. The van der Waals surface area contributed by atoms with Crippen LogP contribution in [0.1, 0.15) is 15.9 Å². The van der Waals surface area contributed by atoms with Crippen molar-refractivity contribution >= 4 is 17.4 Å². The standard InChI is InChI=1S/C17H14N6O4/c1-11-4-6-13(7-5-11)27-17-14(23(25)26)15(19-10-20-17)21-22-16(24)12-3-2-8-18-9-12/h2-10H,1H3,(H,22,24)(H,19,20,21). The van der Waals surface area contributed by atoms with Crippen LogP contribution in [0.4, 0.5) is 11.5 Å². The van der Waals surface area contributed by atoms with Crippen LogP contribution in [0, 0.1) is 17.0 Å². The van der Waals surface area contributed by atoms with Crippen molar-refractivity contribution in [1.82, 2.24) is 20.4 Å². The lowest BCUT2D eigenvalue weighted by atomic mass is 10.2. The Balaban J connectivity index is 1.82. The number of nitrogens with one attached hydrogen (secondary N) is 2. The number of anilines is 1. The summed E-state index contributed by atoms with van der Waals surface area (Å²) >= 11 is 0. The first-order chi connectivity index (χ1) is 13.0. The number of hydrogen-bond acceptors (Lipinski definition) is 8. The second kappa shape index (κ2) is 7.87. The molecule has 0 unspecified atom stereocenters. The number of rotatable bonds is 6. The van der Waals surface area contributed by atoms with Crippen molar-refractivity contribution in [1.29, 1.82) is 0 Å². The Morgan fingerprint density at radius 1 is 1.19 bits per heavy atom. The number of aromatic nitrogens is 3. The van der Waals surface area contributed by atoms with E-state index in [1.54, 1.807) is 36.4 Å². The van der Waals surface area contributed by atoms with E-state index in [4.69, 9.17) is 4.74 Å². The van der Waals surface area contributed by atoms with Gasteiger partial charge in [0.25, 0.3) is 5.91 Å². The smallest absolute Gasteiger partial charge is 0.374 e. The maximum atomic E-state index is 12.0. The molecule has 0 aliphatic carbocycles. The zero-order valence-electron chi connectivity index (χ0n) is 14.1. The van der Waals surface area contributed by atoms with Gasteiger partial charge in [-0.1, -0.05) is 17.7 Å². The maximum absolute atomic E-state index is 12.0. The molecule has 0 saturated heterocycles. The summed E-state index contributed by atoms with van der Waals surface area (Å²) in [7, 11) is 0. The zero-order valence-corrected chi connectivity index (χ0v) is 14.1. The predicted octanol–water partition coefficient (Wildman–Crippen LogP) is 2.64. The largest absolute Gasteiger partial charge is 0.434 e. The number of hydrazine groups is 1. The highest BCUT2D eigenvalue weighted by atomic mass is 16.6. The van der Waals surface area contributed by atoms with Gasteiger partial charge in [0.2, 0.25) is 5.82 Å². The minimum Gasteiger partial charge on any atom is -0.434 e. The van der Waals surface area contributed by atoms with Gasteiger partial charge in [0.1, 0.15) is 12.1 Å². The Labute approximate surface area is 153 Å². The van der Waals surface area contributed by atoms with Gasteiger partial charge in [0.05, 0.1) is 10.5 Å². The molecule has 0 aliphatic heterocycles. The van der Waals surface area contributed by atoms with Crippen molar-refractivity contribution in [3.05, 3.63) is 76.4 Å². The molecule has 0 atom stereocenters. The summed E-state index contributed by atoms with van der Waals surface area (Å²) in [5.41, 5.74) is 5.54. The van der Waals surface area contributed by atoms with E-state index < -0.39 is 16.5 Å². The van der Waals surface area contributed by atoms with Crippen molar-refractivity contribution in [2.24, 2.45) is 0 Å². The number of aryl methyl sites for hydroxylation is 1. The Bertz CT molecular complexity index is 963. The first kappa shape index (κ1) is 17.7. The molecule has 3 aromatic rings. The number of carbonyl (C=O) groups excluding carboxylic acids is 1. The molecule has 10 nitrogen and oxygen atoms in total. The van der Waals surface area contributed by atoms with Gasteiger partial charge in [-0.2, -0.15) is 4.98 Å². The average molecular weight is 366 g/mol. The third kappa shape index (κ3) is 4.31. The quantitative estimate of drug-likeness (QED) is 0.502. The molecule has 2 N–H and O–H groups in total. The van der Waals surface area contributed by atoms with E-state index in [0.717, 1.165) is 11.9 Å². The number of nitrogens with zero attached hydrogens (tertiary/aromatic N) is 4. The molecule has 0 aliphatic rings. The van der Waals surface area contributed by atoms with Crippen LogP contribution in [0.15, 0.2) is 55.1 Å². The summed E-state index contributed by atoms with van der Waals surface area (Å²) in [4.78, 5) is 34.3. The highest BCUT2D eigenvalue weighted by Crippen LogP contribution is 2.33. The van der Waals surface area contributed by atoms with Crippen LogP contribution in [-0.4, -0.2) is 25.8 Å². The molecule has 1 aromatic carbocycles. The van der Waals surface area contributed by atoms with Crippen LogP contribution in [0.5, 0.6) is 11.6 Å². The maximum Gasteiger partial charge on any atom is 0.374 e. The van der Waals surface area contributed by atoms with Gasteiger partial charge in [0.15, 0.2) is 0 Å². The molecular formula is C17H14N6O4. The second-order valence-corrected chi connectivity index (χ2v) is 5.37. The van der Waals surface area contributed by atoms with Gasteiger partial charge in [-0.3, -0.25) is 30.7 Å². The molecule has 0 saturated carbocycles. The van der Waals surface area contributed by atoms with Gasteiger partial charge >= 0.3 is 11.6 Å². The number of carbonyl (C=O) groups is 1. The number of hydrogen-bond donors (Lipinski definition) is 2. The fourth-order valence-corrected chi connectivity index (χ4v) is 2.10. The van der Waals surface area contributed by atoms with Crippen molar-refractivity contribution in [3.63, 3.8) is 0 Å². The van der Waals surface area contributed by atoms with Crippen LogP contribution < -0.4 is 15.6 Å². The molecule has 0 fully saturated rings. The molecule has 0 radical (unpaired) electrons. The number of ether oxygens (including phenoxy) is 1. The van der Waals surface area contributed by atoms with Gasteiger partial charge in [-0.25, -0.2) is 4.98 Å². The first-order valence-electron chi connectivity index (χ1n) is 7.75. The highest BCUT2D eigenvalue weighted by Gasteiger charge is 2.25. The van der Waals surface area contributed by atoms with E-state index in [9.17, 15) is 14.9 Å². The van der Waals surface area contributed by atoms with Crippen molar-refractivity contribution in [2.45, 2.75) is 6.92 Å². The summed E-state index contributed by atoms with van der Waals surface area (Å²) in [5.74, 6) is -0.615. The van der Waals surface area contributed by atoms with E-state index in [0.29, 0.717) is 5.75 Å². The molecule has 1 amide bonds. The summed E-state index contributed by atoms with van der Waals surface area (Å²) in [6.07, 6.45) is 3.97. The first-order valence-corrected chi connectivity index (χ1v) is 7.75. The Hall–Kier alpha value is -4.08. The van der Waals surface area contributed by atoms with Gasteiger partial charge < -0.3 is 4.74 Å². The lowest BCUT2D eigenvalue weighted by molar-refractivity contribution is -0.385. The van der Waals surface area contributed by atoms with Crippen LogP contribution in [0.25, 0.3) is 0 Å². The lowest BCUT2D eigenvalue weighted by Gasteiger charge is -2.10. The van der Waals surface area contributed by atoms with E-state index >= 15 is 0 Å². The van der Waals surface area contributed by atoms with E-state index in [2.05, 4.69) is 25.8 Å². The summed E-state index contributed by atoms with van der Waals surface area (Å²) in [6, 6.07) is 10.1. The molecule has 2 heterocycles. The minimum atomic E-state index is -0.692. The predicted molar refractivity (Wildman–Crippen MR) is 95.3 cm³/mol.